The molecule has 1 amide bonds. The number of hydrogen-bond donors (Lipinski definition) is 2. The summed E-state index contributed by atoms with van der Waals surface area (Å²) in [5.41, 5.74) is 7.40. The maximum Gasteiger partial charge on any atom is 0.245 e. The minimum absolute atomic E-state index is 0.134. The first-order valence-electron chi connectivity index (χ1n) is 4.07. The highest BCUT2D eigenvalue weighted by Crippen LogP contribution is 2.37. The molecular weight excluding hydrogens is 264 g/mol. The van der Waals surface area contributed by atoms with E-state index < -0.39 is 6.04 Å². The second-order valence-corrected chi connectivity index (χ2v) is 4.74. The first kappa shape index (κ1) is 10.0. The number of carbonyl (C=O) groups excluding carboxylic acids is 1. The predicted octanol–water partition coefficient (Wildman–Crippen LogP) is 2.12. The van der Waals surface area contributed by atoms with E-state index in [1.807, 2.05) is 18.4 Å². The summed E-state index contributed by atoms with van der Waals surface area (Å²) in [7, 11) is 0. The van der Waals surface area contributed by atoms with Crippen LogP contribution in [-0.4, -0.2) is 12.2 Å². The molecule has 74 valence electrons. The second-order valence-electron chi connectivity index (χ2n) is 3.04. The lowest BCUT2D eigenvalue weighted by Crippen LogP contribution is -2.19. The van der Waals surface area contributed by atoms with E-state index in [1.54, 1.807) is 11.8 Å². The van der Waals surface area contributed by atoms with E-state index in [1.165, 1.54) is 0 Å². The average Bonchev–Trinajstić information content (AvgIpc) is 2.43. The van der Waals surface area contributed by atoms with Crippen molar-refractivity contribution in [3.63, 3.8) is 0 Å². The molecule has 0 saturated carbocycles. The highest BCUT2D eigenvalue weighted by Gasteiger charge is 2.27. The molecule has 14 heavy (non-hydrogen) atoms. The molecule has 1 heterocycles. The molecule has 0 fully saturated rings. The topological polar surface area (TPSA) is 55.1 Å². The highest BCUT2D eigenvalue weighted by molar-refractivity contribution is 9.10. The Kier molecular flexibility index (Phi) is 2.55. The van der Waals surface area contributed by atoms with Crippen molar-refractivity contribution in [2.45, 2.75) is 10.9 Å². The third-order valence-electron chi connectivity index (χ3n) is 2.20. The molecule has 1 aromatic rings. The summed E-state index contributed by atoms with van der Waals surface area (Å²) in [6, 6.07) is 3.32. The normalized spacial score (nSPS) is 19.4. The summed E-state index contributed by atoms with van der Waals surface area (Å²) >= 11 is 5.07. The Hall–Kier alpha value is -0.520. The zero-order valence-corrected chi connectivity index (χ0v) is 9.91. The molecule has 0 spiro atoms. The van der Waals surface area contributed by atoms with Crippen molar-refractivity contribution in [1.82, 2.24) is 0 Å². The van der Waals surface area contributed by atoms with Gasteiger partial charge in [0.25, 0.3) is 0 Å². The molecule has 0 radical (unpaired) electrons. The molecular formula is C9H9BrN2OS. The van der Waals surface area contributed by atoms with Crippen molar-refractivity contribution in [1.29, 1.82) is 0 Å². The minimum Gasteiger partial charge on any atom is -0.324 e. The van der Waals surface area contributed by atoms with E-state index in [0.29, 0.717) is 0 Å². The molecule has 1 aromatic carbocycles. The van der Waals surface area contributed by atoms with Crippen LogP contribution in [0.5, 0.6) is 0 Å². The van der Waals surface area contributed by atoms with Gasteiger partial charge in [0.05, 0.1) is 0 Å². The van der Waals surface area contributed by atoms with Crippen LogP contribution in [-0.2, 0) is 4.79 Å². The Morgan fingerprint density at radius 2 is 2.29 bits per heavy atom. The number of nitrogens with two attached hydrogens (primary N) is 1. The molecule has 5 heteroatoms. The molecule has 1 unspecified atom stereocenters. The molecule has 0 aromatic heterocycles. The van der Waals surface area contributed by atoms with Crippen molar-refractivity contribution >= 4 is 39.3 Å². The van der Waals surface area contributed by atoms with Crippen LogP contribution >= 0.6 is 27.7 Å². The van der Waals surface area contributed by atoms with E-state index in [4.69, 9.17) is 5.73 Å². The predicted molar refractivity (Wildman–Crippen MR) is 61.5 cm³/mol. The highest BCUT2D eigenvalue weighted by atomic mass is 79.9. The van der Waals surface area contributed by atoms with Crippen LogP contribution < -0.4 is 11.1 Å². The van der Waals surface area contributed by atoms with Gasteiger partial charge in [-0.2, -0.15) is 0 Å². The van der Waals surface area contributed by atoms with E-state index in [0.717, 1.165) is 20.6 Å². The van der Waals surface area contributed by atoms with Gasteiger partial charge in [-0.15, -0.1) is 11.8 Å². The zero-order chi connectivity index (χ0) is 10.3. The first-order chi connectivity index (χ1) is 6.63. The number of thioether (sulfide) groups is 1. The van der Waals surface area contributed by atoms with Gasteiger partial charge in [0, 0.05) is 20.6 Å². The largest absolute Gasteiger partial charge is 0.324 e. The lowest BCUT2D eigenvalue weighted by Gasteiger charge is -2.05. The third-order valence-corrected chi connectivity index (χ3v) is 3.90. The van der Waals surface area contributed by atoms with E-state index in [-0.39, 0.29) is 5.91 Å². The Labute approximate surface area is 94.6 Å². The van der Waals surface area contributed by atoms with Gasteiger partial charge in [-0.05, 0) is 34.3 Å². The quantitative estimate of drug-likeness (QED) is 0.771. The van der Waals surface area contributed by atoms with Crippen LogP contribution in [0.2, 0.25) is 0 Å². The van der Waals surface area contributed by atoms with Crippen LogP contribution in [0.25, 0.3) is 0 Å². The summed E-state index contributed by atoms with van der Waals surface area (Å²) in [5.74, 6) is -0.134. The van der Waals surface area contributed by atoms with Gasteiger partial charge in [-0.25, -0.2) is 0 Å². The van der Waals surface area contributed by atoms with Gasteiger partial charge in [-0.1, -0.05) is 0 Å². The van der Waals surface area contributed by atoms with Crippen LogP contribution in [0.15, 0.2) is 21.5 Å². The molecule has 1 aliphatic rings. The summed E-state index contributed by atoms with van der Waals surface area (Å²) < 4.78 is 0.982. The van der Waals surface area contributed by atoms with E-state index >= 15 is 0 Å². The number of anilines is 1. The van der Waals surface area contributed by atoms with Crippen molar-refractivity contribution in [2.24, 2.45) is 5.73 Å². The van der Waals surface area contributed by atoms with Gasteiger partial charge in [0.1, 0.15) is 6.04 Å². The first-order valence-corrected chi connectivity index (χ1v) is 6.09. The molecule has 0 bridgehead atoms. The maximum atomic E-state index is 11.3. The summed E-state index contributed by atoms with van der Waals surface area (Å²) in [4.78, 5) is 12.4. The van der Waals surface area contributed by atoms with Gasteiger partial charge in [0.2, 0.25) is 5.91 Å². The summed E-state index contributed by atoms with van der Waals surface area (Å²) in [6.45, 7) is 0. The van der Waals surface area contributed by atoms with Crippen LogP contribution in [0, 0.1) is 0 Å². The average molecular weight is 273 g/mol. The fourth-order valence-corrected chi connectivity index (χ4v) is 2.78. The lowest BCUT2D eigenvalue weighted by atomic mass is 10.1. The van der Waals surface area contributed by atoms with E-state index in [2.05, 4.69) is 21.2 Å². The van der Waals surface area contributed by atoms with Gasteiger partial charge in [0.15, 0.2) is 0 Å². The summed E-state index contributed by atoms with van der Waals surface area (Å²) in [6.07, 6.45) is 1.99. The number of amides is 1. The number of benzene rings is 1. The van der Waals surface area contributed by atoms with E-state index in [9.17, 15) is 4.79 Å². The summed E-state index contributed by atoms with van der Waals surface area (Å²) in [5, 5.41) is 2.75. The number of rotatable bonds is 1. The zero-order valence-electron chi connectivity index (χ0n) is 7.50. The van der Waals surface area contributed by atoms with Crippen molar-refractivity contribution in [2.75, 3.05) is 11.6 Å². The Morgan fingerprint density at radius 3 is 2.93 bits per heavy atom. The SMILES string of the molecule is CSc1cc2c(cc1Br)C(N)C(=O)N2. The van der Waals surface area contributed by atoms with Crippen molar-refractivity contribution in [3.8, 4) is 0 Å². The number of halogens is 1. The molecule has 2 rings (SSSR count). The Bertz CT molecular complexity index is 408. The number of carbonyl (C=O) groups is 1. The van der Waals surface area contributed by atoms with Crippen molar-refractivity contribution < 1.29 is 4.79 Å². The molecule has 3 N–H and O–H groups in total. The number of fused-ring (bicyclic) bond motifs is 1. The molecule has 3 nitrogen and oxygen atoms in total. The molecule has 0 saturated heterocycles. The van der Waals surface area contributed by atoms with Gasteiger partial charge in [-0.3, -0.25) is 4.79 Å². The third kappa shape index (κ3) is 1.45. The standard InChI is InChI=1S/C9H9BrN2OS/c1-14-7-3-6-4(2-5(7)10)8(11)9(13)12-6/h2-3,8H,11H2,1H3,(H,12,13). The number of hydrogen-bond acceptors (Lipinski definition) is 3. The van der Waals surface area contributed by atoms with Gasteiger partial charge < -0.3 is 11.1 Å². The maximum absolute atomic E-state index is 11.3. The second kappa shape index (κ2) is 3.56. The molecule has 1 aliphatic heterocycles. The smallest absolute Gasteiger partial charge is 0.245 e. The fourth-order valence-electron chi connectivity index (χ4n) is 1.44. The van der Waals surface area contributed by atoms with Crippen molar-refractivity contribution in [3.05, 3.63) is 22.2 Å². The van der Waals surface area contributed by atoms with Crippen LogP contribution in [0.3, 0.4) is 0 Å². The number of nitrogens with one attached hydrogen (secondary N) is 1. The lowest BCUT2D eigenvalue weighted by molar-refractivity contribution is -0.116. The fraction of sp³-hybridized carbons (Fsp3) is 0.222. The minimum atomic E-state index is -0.530. The Morgan fingerprint density at radius 1 is 1.57 bits per heavy atom. The van der Waals surface area contributed by atoms with Gasteiger partial charge >= 0.3 is 0 Å². The monoisotopic (exact) mass is 272 g/mol. The molecule has 0 aliphatic carbocycles. The Balaban J connectivity index is 2.54. The van der Waals surface area contributed by atoms with Crippen LogP contribution in [0.1, 0.15) is 11.6 Å². The van der Waals surface area contributed by atoms with Crippen LogP contribution in [0.4, 0.5) is 5.69 Å². The molecule has 1 atom stereocenters.